The van der Waals surface area contributed by atoms with Crippen LogP contribution in [0.5, 0.6) is 0 Å². The predicted octanol–water partition coefficient (Wildman–Crippen LogP) is 2.46. The topological polar surface area (TPSA) is 68.0 Å². The van der Waals surface area contributed by atoms with Gasteiger partial charge in [-0.15, -0.1) is 0 Å². The van der Waals surface area contributed by atoms with Gasteiger partial charge in [-0.05, 0) is 37.1 Å². The van der Waals surface area contributed by atoms with Crippen LogP contribution >= 0.6 is 0 Å². The highest BCUT2D eigenvalue weighted by atomic mass is 16.1. The summed E-state index contributed by atoms with van der Waals surface area (Å²) in [5.41, 5.74) is 8.63. The maximum atomic E-state index is 12.1. The molecular weight excluding hydrogens is 238 g/mol. The third-order valence-electron chi connectivity index (χ3n) is 3.06. The van der Waals surface area contributed by atoms with Gasteiger partial charge in [0.05, 0.1) is 11.7 Å². The van der Waals surface area contributed by atoms with Gasteiger partial charge in [0.15, 0.2) is 5.69 Å². The zero-order valence-corrected chi connectivity index (χ0v) is 11.1. The molecule has 0 bridgehead atoms. The smallest absolute Gasteiger partial charge is 0.272 e. The van der Waals surface area contributed by atoms with Gasteiger partial charge in [-0.3, -0.25) is 4.79 Å². The summed E-state index contributed by atoms with van der Waals surface area (Å²) in [6.07, 6.45) is 1.56. The predicted molar refractivity (Wildman–Crippen MR) is 75.7 cm³/mol. The number of nitrogens with zero attached hydrogens (tertiary/aromatic N) is 1. The Bertz CT molecular complexity index is 595. The minimum Gasteiger partial charge on any atom is -0.397 e. The highest BCUT2D eigenvalue weighted by molar-refractivity contribution is 5.97. The summed E-state index contributed by atoms with van der Waals surface area (Å²) in [6, 6.07) is 11.2. The zero-order chi connectivity index (χ0) is 13.8. The Morgan fingerprint density at radius 2 is 2.00 bits per heavy atom. The summed E-state index contributed by atoms with van der Waals surface area (Å²) < 4.78 is 0. The van der Waals surface area contributed by atoms with Crippen LogP contribution in [0.15, 0.2) is 42.6 Å². The van der Waals surface area contributed by atoms with Crippen molar-refractivity contribution in [3.63, 3.8) is 0 Å². The first-order valence-corrected chi connectivity index (χ1v) is 6.16. The lowest BCUT2D eigenvalue weighted by molar-refractivity contribution is 0.0936. The molecule has 98 valence electrons. The number of hydrogen-bond acceptors (Lipinski definition) is 3. The van der Waals surface area contributed by atoms with E-state index in [1.807, 2.05) is 38.1 Å². The number of nitrogens with two attached hydrogens (primary N) is 1. The first kappa shape index (κ1) is 13.1. The number of rotatable bonds is 3. The lowest BCUT2D eigenvalue weighted by Gasteiger charge is -2.16. The molecule has 0 aliphatic heterocycles. The molecule has 0 radical (unpaired) electrons. The van der Waals surface area contributed by atoms with Gasteiger partial charge >= 0.3 is 0 Å². The molecule has 2 rings (SSSR count). The average Bonchev–Trinajstić information content (AvgIpc) is 2.39. The van der Waals surface area contributed by atoms with Crippen LogP contribution in [0.4, 0.5) is 5.69 Å². The van der Waals surface area contributed by atoms with Gasteiger partial charge < -0.3 is 11.1 Å². The fourth-order valence-corrected chi connectivity index (χ4v) is 2.02. The lowest BCUT2D eigenvalue weighted by Crippen LogP contribution is -2.28. The van der Waals surface area contributed by atoms with Gasteiger partial charge in [0.1, 0.15) is 0 Å². The molecule has 1 atom stereocenters. The summed E-state index contributed by atoms with van der Waals surface area (Å²) >= 11 is 0. The number of carbonyl (C=O) groups excluding carboxylic acids is 1. The second kappa shape index (κ2) is 5.52. The molecule has 0 aliphatic rings. The number of anilines is 1. The number of aromatic nitrogens is 1. The summed E-state index contributed by atoms with van der Waals surface area (Å²) in [7, 11) is 0. The van der Waals surface area contributed by atoms with Crippen LogP contribution in [0.3, 0.4) is 0 Å². The zero-order valence-electron chi connectivity index (χ0n) is 11.1. The Kier molecular flexibility index (Phi) is 3.80. The number of pyridine rings is 1. The molecule has 4 nitrogen and oxygen atoms in total. The Balaban J connectivity index is 2.16. The van der Waals surface area contributed by atoms with Crippen LogP contribution in [0.25, 0.3) is 0 Å². The number of nitrogens with one attached hydrogen (secondary N) is 1. The molecule has 0 fully saturated rings. The Morgan fingerprint density at radius 1 is 1.26 bits per heavy atom. The summed E-state index contributed by atoms with van der Waals surface area (Å²) in [4.78, 5) is 16.1. The summed E-state index contributed by atoms with van der Waals surface area (Å²) in [5, 5.41) is 2.91. The monoisotopic (exact) mass is 255 g/mol. The van der Waals surface area contributed by atoms with Crippen LogP contribution in [-0.4, -0.2) is 10.9 Å². The SMILES string of the molecule is Cc1ccccc1C(C)NC(=O)c1ncccc1N. The van der Waals surface area contributed by atoms with Gasteiger partial charge in [0, 0.05) is 6.20 Å². The van der Waals surface area contributed by atoms with Gasteiger partial charge in [0.2, 0.25) is 0 Å². The number of benzene rings is 1. The second-order valence-electron chi connectivity index (χ2n) is 4.49. The van der Waals surface area contributed by atoms with Crippen molar-refractivity contribution in [2.24, 2.45) is 0 Å². The molecule has 3 N–H and O–H groups in total. The number of hydrogen-bond donors (Lipinski definition) is 2. The molecule has 4 heteroatoms. The van der Waals surface area contributed by atoms with E-state index in [1.165, 1.54) is 0 Å². The van der Waals surface area contributed by atoms with E-state index < -0.39 is 0 Å². The molecular formula is C15H17N3O. The van der Waals surface area contributed by atoms with E-state index in [-0.39, 0.29) is 17.6 Å². The number of carbonyl (C=O) groups is 1. The molecule has 1 aromatic heterocycles. The van der Waals surface area contributed by atoms with Crippen LogP contribution in [-0.2, 0) is 0 Å². The summed E-state index contributed by atoms with van der Waals surface area (Å²) in [5.74, 6) is -0.256. The molecule has 1 amide bonds. The Morgan fingerprint density at radius 3 is 2.68 bits per heavy atom. The van der Waals surface area contributed by atoms with Crippen molar-refractivity contribution >= 4 is 11.6 Å². The van der Waals surface area contributed by atoms with Gasteiger partial charge in [-0.1, -0.05) is 24.3 Å². The molecule has 2 aromatic rings. The van der Waals surface area contributed by atoms with Gasteiger partial charge in [-0.2, -0.15) is 0 Å². The molecule has 1 aromatic carbocycles. The summed E-state index contributed by atoms with van der Waals surface area (Å²) in [6.45, 7) is 3.96. The highest BCUT2D eigenvalue weighted by Gasteiger charge is 2.15. The van der Waals surface area contributed by atoms with E-state index in [1.54, 1.807) is 18.3 Å². The van der Waals surface area contributed by atoms with E-state index in [0.29, 0.717) is 5.69 Å². The molecule has 0 aliphatic carbocycles. The van der Waals surface area contributed by atoms with Crippen molar-refractivity contribution in [1.29, 1.82) is 0 Å². The molecule has 0 saturated carbocycles. The molecule has 19 heavy (non-hydrogen) atoms. The van der Waals surface area contributed by atoms with Crippen molar-refractivity contribution in [2.45, 2.75) is 19.9 Å². The van der Waals surface area contributed by atoms with Crippen LogP contribution in [0.1, 0.15) is 34.6 Å². The maximum absolute atomic E-state index is 12.1. The first-order valence-electron chi connectivity index (χ1n) is 6.16. The highest BCUT2D eigenvalue weighted by Crippen LogP contribution is 2.17. The minimum atomic E-state index is -0.256. The van der Waals surface area contributed by atoms with Crippen molar-refractivity contribution in [2.75, 3.05) is 5.73 Å². The third kappa shape index (κ3) is 2.91. The normalized spacial score (nSPS) is 11.9. The van der Waals surface area contributed by atoms with Crippen LogP contribution < -0.4 is 11.1 Å². The lowest BCUT2D eigenvalue weighted by atomic mass is 10.0. The first-order chi connectivity index (χ1) is 9.09. The number of amides is 1. The fourth-order valence-electron chi connectivity index (χ4n) is 2.02. The molecule has 0 spiro atoms. The third-order valence-corrected chi connectivity index (χ3v) is 3.06. The van der Waals surface area contributed by atoms with Crippen molar-refractivity contribution < 1.29 is 4.79 Å². The number of aryl methyl sites for hydroxylation is 1. The quantitative estimate of drug-likeness (QED) is 0.885. The maximum Gasteiger partial charge on any atom is 0.272 e. The Hall–Kier alpha value is -2.36. The molecule has 1 heterocycles. The van der Waals surface area contributed by atoms with Crippen LogP contribution in [0, 0.1) is 6.92 Å². The van der Waals surface area contributed by atoms with Gasteiger partial charge in [-0.25, -0.2) is 4.98 Å². The van der Waals surface area contributed by atoms with Gasteiger partial charge in [0.25, 0.3) is 5.91 Å². The van der Waals surface area contributed by atoms with E-state index >= 15 is 0 Å². The van der Waals surface area contributed by atoms with E-state index in [0.717, 1.165) is 11.1 Å². The van der Waals surface area contributed by atoms with E-state index in [2.05, 4.69) is 10.3 Å². The second-order valence-corrected chi connectivity index (χ2v) is 4.49. The Labute approximate surface area is 112 Å². The largest absolute Gasteiger partial charge is 0.397 e. The standard InChI is InChI=1S/C15H17N3O/c1-10-6-3-4-7-12(10)11(2)18-15(19)14-13(16)8-5-9-17-14/h3-9,11H,16H2,1-2H3,(H,18,19). The molecule has 1 unspecified atom stereocenters. The fraction of sp³-hybridized carbons (Fsp3) is 0.200. The van der Waals surface area contributed by atoms with E-state index in [9.17, 15) is 4.79 Å². The van der Waals surface area contributed by atoms with E-state index in [4.69, 9.17) is 5.73 Å². The van der Waals surface area contributed by atoms with Crippen molar-refractivity contribution in [3.05, 3.63) is 59.4 Å². The van der Waals surface area contributed by atoms with Crippen molar-refractivity contribution in [1.82, 2.24) is 10.3 Å². The van der Waals surface area contributed by atoms with Crippen LogP contribution in [0.2, 0.25) is 0 Å². The number of nitrogen functional groups attached to an aromatic ring is 1. The minimum absolute atomic E-state index is 0.0879. The average molecular weight is 255 g/mol. The molecule has 0 saturated heterocycles. The van der Waals surface area contributed by atoms with Crippen molar-refractivity contribution in [3.8, 4) is 0 Å².